The van der Waals surface area contributed by atoms with E-state index in [2.05, 4.69) is 17.2 Å². The predicted molar refractivity (Wildman–Crippen MR) is 68.7 cm³/mol. The monoisotopic (exact) mass is 252 g/mol. The van der Waals surface area contributed by atoms with Crippen LogP contribution in [0.1, 0.15) is 24.3 Å². The fourth-order valence-corrected chi connectivity index (χ4v) is 2.18. The highest BCUT2D eigenvalue weighted by atomic mass is 32.1. The van der Waals surface area contributed by atoms with Gasteiger partial charge in [-0.2, -0.15) is 0 Å². The van der Waals surface area contributed by atoms with E-state index < -0.39 is 0 Å². The van der Waals surface area contributed by atoms with E-state index in [1.807, 2.05) is 17.5 Å². The Bertz CT molecular complexity index is 387. The van der Waals surface area contributed by atoms with Crippen LogP contribution in [0.2, 0.25) is 0 Å². The van der Waals surface area contributed by atoms with Crippen molar-refractivity contribution in [2.75, 3.05) is 6.54 Å². The zero-order valence-electron chi connectivity index (χ0n) is 9.73. The van der Waals surface area contributed by atoms with Gasteiger partial charge >= 0.3 is 0 Å². The molecule has 0 aliphatic carbocycles. The second-order valence-electron chi connectivity index (χ2n) is 3.57. The number of thiophene rings is 1. The van der Waals surface area contributed by atoms with Crippen molar-refractivity contribution >= 4 is 23.2 Å². The lowest BCUT2D eigenvalue weighted by Crippen LogP contribution is -2.32. The van der Waals surface area contributed by atoms with Crippen molar-refractivity contribution in [3.8, 4) is 0 Å². The van der Waals surface area contributed by atoms with Crippen LogP contribution in [0.3, 0.4) is 0 Å². The van der Waals surface area contributed by atoms with Gasteiger partial charge in [0, 0.05) is 18.3 Å². The summed E-state index contributed by atoms with van der Waals surface area (Å²) in [5, 5.41) is 7.39. The van der Waals surface area contributed by atoms with Crippen molar-refractivity contribution in [1.29, 1.82) is 0 Å². The molecule has 17 heavy (non-hydrogen) atoms. The first-order valence-electron chi connectivity index (χ1n) is 5.31. The molecule has 4 nitrogen and oxygen atoms in total. The Balaban J connectivity index is 2.61. The third kappa shape index (κ3) is 4.82. The van der Waals surface area contributed by atoms with Gasteiger partial charge in [0.1, 0.15) is 0 Å². The van der Waals surface area contributed by atoms with Gasteiger partial charge in [-0.05, 0) is 11.4 Å². The van der Waals surface area contributed by atoms with E-state index in [1.165, 1.54) is 18.3 Å². The van der Waals surface area contributed by atoms with Crippen LogP contribution >= 0.6 is 11.3 Å². The van der Waals surface area contributed by atoms with Crippen LogP contribution in [0.4, 0.5) is 0 Å². The van der Waals surface area contributed by atoms with Crippen LogP contribution in [0, 0.1) is 0 Å². The number of carbonyl (C=O) groups excluding carboxylic acids is 2. The van der Waals surface area contributed by atoms with Crippen LogP contribution in [-0.4, -0.2) is 18.4 Å². The zero-order valence-corrected chi connectivity index (χ0v) is 10.5. The normalized spacial score (nSPS) is 11.6. The Hall–Kier alpha value is -1.62. The fraction of sp³-hybridized carbons (Fsp3) is 0.333. The minimum atomic E-state index is -0.252. The average Bonchev–Trinajstić information content (AvgIpc) is 2.78. The molecule has 0 bridgehead atoms. The number of carbonyl (C=O) groups is 2. The third-order valence-electron chi connectivity index (χ3n) is 2.10. The molecule has 0 saturated heterocycles. The Kier molecular flexibility index (Phi) is 5.42. The van der Waals surface area contributed by atoms with Crippen LogP contribution in [0.25, 0.3) is 0 Å². The van der Waals surface area contributed by atoms with Crippen molar-refractivity contribution in [2.24, 2.45) is 0 Å². The van der Waals surface area contributed by atoms with E-state index in [9.17, 15) is 9.59 Å². The highest BCUT2D eigenvalue weighted by Crippen LogP contribution is 2.21. The molecule has 2 amide bonds. The summed E-state index contributed by atoms with van der Waals surface area (Å²) in [6, 6.07) is 3.56. The molecule has 1 rings (SSSR count). The molecule has 5 heteroatoms. The molecule has 0 radical (unpaired) electrons. The standard InChI is InChI=1S/C12H16N2O2S/c1-3-6-13-12(16)8-10(14-9(2)15)11-5-4-7-17-11/h3-5,7,10H,1,6,8H2,2H3,(H,13,16)(H,14,15). The highest BCUT2D eigenvalue weighted by molar-refractivity contribution is 7.10. The minimum absolute atomic E-state index is 0.1000. The molecule has 1 heterocycles. The smallest absolute Gasteiger partial charge is 0.222 e. The lowest BCUT2D eigenvalue weighted by Gasteiger charge is -2.15. The first-order chi connectivity index (χ1) is 8.13. The molecule has 0 aliphatic rings. The maximum absolute atomic E-state index is 11.6. The van der Waals surface area contributed by atoms with Crippen molar-refractivity contribution in [3.05, 3.63) is 35.0 Å². The van der Waals surface area contributed by atoms with Crippen molar-refractivity contribution in [1.82, 2.24) is 10.6 Å². The van der Waals surface area contributed by atoms with E-state index in [1.54, 1.807) is 6.08 Å². The van der Waals surface area contributed by atoms with Crippen molar-refractivity contribution in [2.45, 2.75) is 19.4 Å². The second kappa shape index (κ2) is 6.85. The molecule has 2 N–H and O–H groups in total. The first-order valence-corrected chi connectivity index (χ1v) is 6.19. The van der Waals surface area contributed by atoms with Gasteiger partial charge in [-0.25, -0.2) is 0 Å². The van der Waals surface area contributed by atoms with Crippen LogP contribution < -0.4 is 10.6 Å². The van der Waals surface area contributed by atoms with Crippen molar-refractivity contribution in [3.63, 3.8) is 0 Å². The number of nitrogens with one attached hydrogen (secondary N) is 2. The maximum Gasteiger partial charge on any atom is 0.222 e. The summed E-state index contributed by atoms with van der Waals surface area (Å²) in [5.41, 5.74) is 0. The van der Waals surface area contributed by atoms with Crippen LogP contribution in [-0.2, 0) is 9.59 Å². The number of hydrogen-bond donors (Lipinski definition) is 2. The molecule has 92 valence electrons. The number of rotatable bonds is 6. The van der Waals surface area contributed by atoms with E-state index >= 15 is 0 Å². The molecular weight excluding hydrogens is 236 g/mol. The zero-order chi connectivity index (χ0) is 12.7. The summed E-state index contributed by atoms with van der Waals surface area (Å²) in [7, 11) is 0. The van der Waals surface area contributed by atoms with E-state index in [4.69, 9.17) is 0 Å². The molecule has 1 aromatic rings. The number of hydrogen-bond acceptors (Lipinski definition) is 3. The van der Waals surface area contributed by atoms with Gasteiger partial charge in [-0.3, -0.25) is 9.59 Å². The molecule has 1 aromatic heterocycles. The highest BCUT2D eigenvalue weighted by Gasteiger charge is 2.17. The van der Waals surface area contributed by atoms with Gasteiger partial charge in [-0.15, -0.1) is 17.9 Å². The average molecular weight is 252 g/mol. The molecule has 0 spiro atoms. The summed E-state index contributed by atoms with van der Waals surface area (Å²) in [5.74, 6) is -0.239. The minimum Gasteiger partial charge on any atom is -0.353 e. The summed E-state index contributed by atoms with van der Waals surface area (Å²) >= 11 is 1.52. The Morgan fingerprint density at radius 1 is 1.59 bits per heavy atom. The van der Waals surface area contributed by atoms with E-state index in [0.29, 0.717) is 6.54 Å². The Morgan fingerprint density at radius 2 is 2.35 bits per heavy atom. The molecule has 1 unspecified atom stereocenters. The number of amides is 2. The summed E-state index contributed by atoms with van der Waals surface area (Å²) in [6.45, 7) is 5.41. The first kappa shape index (κ1) is 13.4. The summed E-state index contributed by atoms with van der Waals surface area (Å²) < 4.78 is 0. The fourth-order valence-electron chi connectivity index (χ4n) is 1.40. The summed E-state index contributed by atoms with van der Waals surface area (Å²) in [6.07, 6.45) is 1.87. The molecular formula is C12H16N2O2S. The van der Waals surface area contributed by atoms with Crippen LogP contribution in [0.5, 0.6) is 0 Å². The SMILES string of the molecule is C=CCNC(=O)CC(NC(C)=O)c1cccs1. The van der Waals surface area contributed by atoms with Gasteiger partial charge in [0.05, 0.1) is 12.5 Å². The van der Waals surface area contributed by atoms with Gasteiger partial charge in [0.15, 0.2) is 0 Å². The quantitative estimate of drug-likeness (QED) is 0.756. The lowest BCUT2D eigenvalue weighted by molar-refractivity contribution is -0.122. The van der Waals surface area contributed by atoms with Gasteiger partial charge in [0.2, 0.25) is 11.8 Å². The van der Waals surface area contributed by atoms with Gasteiger partial charge in [0.25, 0.3) is 0 Å². The maximum atomic E-state index is 11.6. The largest absolute Gasteiger partial charge is 0.353 e. The lowest BCUT2D eigenvalue weighted by atomic mass is 10.1. The topological polar surface area (TPSA) is 58.2 Å². The third-order valence-corrected chi connectivity index (χ3v) is 3.08. The predicted octanol–water partition coefficient (Wildman–Crippen LogP) is 1.62. The van der Waals surface area contributed by atoms with Crippen LogP contribution in [0.15, 0.2) is 30.2 Å². The van der Waals surface area contributed by atoms with Gasteiger partial charge < -0.3 is 10.6 Å². The Morgan fingerprint density at radius 3 is 2.88 bits per heavy atom. The molecule has 0 aliphatic heterocycles. The Labute approximate surface area is 105 Å². The van der Waals surface area contributed by atoms with Crippen molar-refractivity contribution < 1.29 is 9.59 Å². The molecule has 0 fully saturated rings. The second-order valence-corrected chi connectivity index (χ2v) is 4.54. The van der Waals surface area contributed by atoms with Gasteiger partial charge in [-0.1, -0.05) is 12.1 Å². The molecule has 0 aromatic carbocycles. The molecule has 0 saturated carbocycles. The van der Waals surface area contributed by atoms with E-state index in [0.717, 1.165) is 4.88 Å². The molecule has 1 atom stereocenters. The summed E-state index contributed by atoms with van der Waals surface area (Å²) in [4.78, 5) is 23.7. The van der Waals surface area contributed by atoms with E-state index in [-0.39, 0.29) is 24.3 Å².